The van der Waals surface area contributed by atoms with Crippen LogP contribution in [0, 0.1) is 11.3 Å². The number of nitrogen functional groups attached to an aromatic ring is 1. The standard InChI is InChI=1S/C13H16N4S/c1-18-8-3-2-7-17-11-6-4-5-10(9-14)12(11)16-13(17)15/h4-6H,2-3,7-8H2,1H3,(H2,15,16). The molecule has 0 aliphatic carbocycles. The Bertz CT molecular complexity index is 582. The number of nitrogens with two attached hydrogens (primary N) is 1. The summed E-state index contributed by atoms with van der Waals surface area (Å²) in [6, 6.07) is 7.76. The minimum Gasteiger partial charge on any atom is -0.369 e. The highest BCUT2D eigenvalue weighted by Gasteiger charge is 2.10. The molecule has 2 N–H and O–H groups in total. The second-order valence-electron chi connectivity index (χ2n) is 4.11. The maximum atomic E-state index is 9.04. The zero-order chi connectivity index (χ0) is 13.0. The summed E-state index contributed by atoms with van der Waals surface area (Å²) in [5, 5.41) is 9.04. The lowest BCUT2D eigenvalue weighted by Crippen LogP contribution is -2.03. The number of unbranched alkanes of at least 4 members (excludes halogenated alkanes) is 1. The molecule has 0 amide bonds. The van der Waals surface area contributed by atoms with Gasteiger partial charge in [-0.1, -0.05) is 6.07 Å². The molecule has 1 heterocycles. The van der Waals surface area contributed by atoms with Gasteiger partial charge in [-0.2, -0.15) is 17.0 Å². The van der Waals surface area contributed by atoms with E-state index in [0.29, 0.717) is 17.0 Å². The molecule has 0 spiro atoms. The van der Waals surface area contributed by atoms with Crippen LogP contribution in [0.5, 0.6) is 0 Å². The van der Waals surface area contributed by atoms with Crippen LogP contribution in [0.3, 0.4) is 0 Å². The van der Waals surface area contributed by atoms with Crippen LogP contribution in [0.4, 0.5) is 5.95 Å². The Balaban J connectivity index is 2.28. The number of fused-ring (bicyclic) bond motifs is 1. The average molecular weight is 260 g/mol. The van der Waals surface area contributed by atoms with E-state index in [0.717, 1.165) is 30.7 Å². The van der Waals surface area contributed by atoms with Crippen molar-refractivity contribution in [3.8, 4) is 6.07 Å². The van der Waals surface area contributed by atoms with Crippen molar-refractivity contribution in [3.05, 3.63) is 23.8 Å². The molecule has 1 aromatic heterocycles. The molecule has 0 bridgehead atoms. The first kappa shape index (κ1) is 12.8. The van der Waals surface area contributed by atoms with Crippen LogP contribution in [-0.2, 0) is 6.54 Å². The van der Waals surface area contributed by atoms with E-state index >= 15 is 0 Å². The smallest absolute Gasteiger partial charge is 0.201 e. The van der Waals surface area contributed by atoms with E-state index in [1.165, 1.54) is 0 Å². The summed E-state index contributed by atoms with van der Waals surface area (Å²) in [4.78, 5) is 4.30. The van der Waals surface area contributed by atoms with Gasteiger partial charge in [-0.15, -0.1) is 0 Å². The molecule has 0 aliphatic heterocycles. The lowest BCUT2D eigenvalue weighted by Gasteiger charge is -2.05. The monoisotopic (exact) mass is 260 g/mol. The highest BCUT2D eigenvalue weighted by Crippen LogP contribution is 2.21. The van der Waals surface area contributed by atoms with Crippen molar-refractivity contribution in [2.45, 2.75) is 19.4 Å². The predicted molar refractivity (Wildman–Crippen MR) is 76.5 cm³/mol. The first-order chi connectivity index (χ1) is 8.77. The number of aryl methyl sites for hydroxylation is 1. The number of thioether (sulfide) groups is 1. The number of hydrogen-bond acceptors (Lipinski definition) is 4. The highest BCUT2D eigenvalue weighted by atomic mass is 32.2. The van der Waals surface area contributed by atoms with Crippen LogP contribution in [0.1, 0.15) is 18.4 Å². The van der Waals surface area contributed by atoms with E-state index in [4.69, 9.17) is 11.0 Å². The van der Waals surface area contributed by atoms with Gasteiger partial charge in [0.05, 0.1) is 11.1 Å². The lowest BCUT2D eigenvalue weighted by atomic mass is 10.2. The lowest BCUT2D eigenvalue weighted by molar-refractivity contribution is 0.656. The van der Waals surface area contributed by atoms with E-state index < -0.39 is 0 Å². The summed E-state index contributed by atoms with van der Waals surface area (Å²) in [6.07, 6.45) is 4.35. The van der Waals surface area contributed by atoms with E-state index in [9.17, 15) is 0 Å². The van der Waals surface area contributed by atoms with Crippen molar-refractivity contribution in [1.29, 1.82) is 5.26 Å². The van der Waals surface area contributed by atoms with Crippen LogP contribution < -0.4 is 5.73 Å². The summed E-state index contributed by atoms with van der Waals surface area (Å²) < 4.78 is 2.00. The summed E-state index contributed by atoms with van der Waals surface area (Å²) in [6.45, 7) is 0.859. The SMILES string of the molecule is CSCCCCn1c(N)nc2c(C#N)cccc21. The van der Waals surface area contributed by atoms with Crippen molar-refractivity contribution in [2.75, 3.05) is 17.7 Å². The number of para-hydroxylation sites is 1. The van der Waals surface area contributed by atoms with Crippen LogP contribution >= 0.6 is 11.8 Å². The molecule has 1 aromatic carbocycles. The Hall–Kier alpha value is -1.67. The number of nitriles is 1. The molecule has 0 saturated heterocycles. The number of benzene rings is 1. The van der Waals surface area contributed by atoms with Gasteiger partial charge >= 0.3 is 0 Å². The Kier molecular flexibility index (Phi) is 4.11. The molecule has 0 fully saturated rings. The van der Waals surface area contributed by atoms with Gasteiger partial charge in [0.1, 0.15) is 11.6 Å². The molecule has 2 aromatic rings. The molecule has 0 saturated carbocycles. The third-order valence-electron chi connectivity index (χ3n) is 2.91. The fourth-order valence-corrected chi connectivity index (χ4v) is 2.50. The third kappa shape index (κ3) is 2.44. The van der Waals surface area contributed by atoms with Crippen molar-refractivity contribution in [1.82, 2.24) is 9.55 Å². The molecular weight excluding hydrogens is 244 g/mol. The molecule has 0 aliphatic rings. The zero-order valence-corrected chi connectivity index (χ0v) is 11.2. The van der Waals surface area contributed by atoms with Crippen molar-refractivity contribution in [3.63, 3.8) is 0 Å². The molecule has 0 atom stereocenters. The minimum atomic E-state index is 0.497. The highest BCUT2D eigenvalue weighted by molar-refractivity contribution is 7.98. The summed E-state index contributed by atoms with van der Waals surface area (Å²) in [7, 11) is 0. The number of nitrogens with zero attached hydrogens (tertiary/aromatic N) is 3. The van der Waals surface area contributed by atoms with E-state index in [2.05, 4.69) is 17.3 Å². The largest absolute Gasteiger partial charge is 0.369 e. The number of anilines is 1. The van der Waals surface area contributed by atoms with Crippen molar-refractivity contribution >= 4 is 28.7 Å². The van der Waals surface area contributed by atoms with Gasteiger partial charge in [-0.05, 0) is 37.0 Å². The maximum Gasteiger partial charge on any atom is 0.201 e. The molecule has 5 heteroatoms. The number of rotatable bonds is 5. The summed E-state index contributed by atoms with van der Waals surface area (Å²) in [5.41, 5.74) is 8.18. The van der Waals surface area contributed by atoms with Crippen LogP contribution in [0.25, 0.3) is 11.0 Å². The van der Waals surface area contributed by atoms with Crippen LogP contribution in [0.2, 0.25) is 0 Å². The predicted octanol–water partition coefficient (Wildman–Crippen LogP) is 2.63. The van der Waals surface area contributed by atoms with E-state index in [1.807, 2.05) is 28.5 Å². The van der Waals surface area contributed by atoms with Gasteiger partial charge < -0.3 is 10.3 Å². The Labute approximate surface area is 111 Å². The molecule has 4 nitrogen and oxygen atoms in total. The van der Waals surface area contributed by atoms with Gasteiger partial charge in [0.25, 0.3) is 0 Å². The van der Waals surface area contributed by atoms with Crippen molar-refractivity contribution in [2.24, 2.45) is 0 Å². The van der Waals surface area contributed by atoms with E-state index in [-0.39, 0.29) is 0 Å². The Morgan fingerprint density at radius 2 is 2.28 bits per heavy atom. The molecule has 2 rings (SSSR count). The third-order valence-corrected chi connectivity index (χ3v) is 3.61. The second-order valence-corrected chi connectivity index (χ2v) is 5.09. The fraction of sp³-hybridized carbons (Fsp3) is 0.385. The van der Waals surface area contributed by atoms with Crippen molar-refractivity contribution < 1.29 is 0 Å². The van der Waals surface area contributed by atoms with Gasteiger partial charge in [-0.25, -0.2) is 4.98 Å². The molecule has 18 heavy (non-hydrogen) atoms. The second kappa shape index (κ2) is 5.78. The molecular formula is C13H16N4S. The van der Waals surface area contributed by atoms with Gasteiger partial charge in [0.2, 0.25) is 5.95 Å². The van der Waals surface area contributed by atoms with E-state index in [1.54, 1.807) is 6.07 Å². The fourth-order valence-electron chi connectivity index (χ4n) is 2.01. The first-order valence-corrected chi connectivity index (χ1v) is 7.31. The molecule has 0 unspecified atom stereocenters. The molecule has 0 radical (unpaired) electrons. The number of imidazole rings is 1. The quantitative estimate of drug-likeness (QED) is 0.839. The zero-order valence-electron chi connectivity index (χ0n) is 10.4. The van der Waals surface area contributed by atoms with Gasteiger partial charge in [0.15, 0.2) is 0 Å². The normalized spacial score (nSPS) is 10.7. The summed E-state index contributed by atoms with van der Waals surface area (Å²) in [5.74, 6) is 1.66. The first-order valence-electron chi connectivity index (χ1n) is 5.91. The Morgan fingerprint density at radius 3 is 3.00 bits per heavy atom. The molecule has 94 valence electrons. The average Bonchev–Trinajstić information content (AvgIpc) is 2.70. The number of hydrogen-bond donors (Lipinski definition) is 1. The Morgan fingerprint density at radius 1 is 1.44 bits per heavy atom. The maximum absolute atomic E-state index is 9.04. The summed E-state index contributed by atoms with van der Waals surface area (Å²) >= 11 is 1.85. The number of aromatic nitrogens is 2. The van der Waals surface area contributed by atoms with Crippen LogP contribution in [0.15, 0.2) is 18.2 Å². The topological polar surface area (TPSA) is 67.6 Å². The minimum absolute atomic E-state index is 0.497. The van der Waals surface area contributed by atoms with Gasteiger partial charge in [-0.3, -0.25) is 0 Å². The van der Waals surface area contributed by atoms with Crippen LogP contribution in [-0.4, -0.2) is 21.6 Å². The van der Waals surface area contributed by atoms with Gasteiger partial charge in [0, 0.05) is 6.54 Å².